The molecule has 0 radical (unpaired) electrons. The molecule has 0 atom stereocenters. The molecule has 0 aliphatic rings. The molecule has 0 fully saturated rings. The standard InChI is InChI=1S/C17H19BrN2O2/c1-12(2)13-4-3-5-15(10-13)19-16(21)8-9-20-11-14(18)6-7-17(20)22/h3-7,10-12H,8-9H2,1-2H3,(H,19,21). The number of carbonyl (C=O) groups is 1. The second-order valence-electron chi connectivity index (χ2n) is 5.46. The highest BCUT2D eigenvalue weighted by molar-refractivity contribution is 9.10. The molecule has 1 heterocycles. The van der Waals surface area contributed by atoms with E-state index in [1.165, 1.54) is 16.2 Å². The second-order valence-corrected chi connectivity index (χ2v) is 6.37. The van der Waals surface area contributed by atoms with Gasteiger partial charge >= 0.3 is 0 Å². The topological polar surface area (TPSA) is 51.1 Å². The first-order valence-electron chi connectivity index (χ1n) is 7.21. The Morgan fingerprint density at radius 3 is 2.77 bits per heavy atom. The molecule has 22 heavy (non-hydrogen) atoms. The van der Waals surface area contributed by atoms with Crippen LogP contribution in [0, 0.1) is 0 Å². The van der Waals surface area contributed by atoms with Gasteiger partial charge in [-0.3, -0.25) is 9.59 Å². The molecule has 2 rings (SSSR count). The van der Waals surface area contributed by atoms with Crippen LogP contribution in [0.15, 0.2) is 51.9 Å². The molecule has 1 aromatic carbocycles. The number of aromatic nitrogens is 1. The van der Waals surface area contributed by atoms with Crippen LogP contribution in [0.3, 0.4) is 0 Å². The van der Waals surface area contributed by atoms with Crippen LogP contribution in [0.1, 0.15) is 31.7 Å². The number of nitrogens with one attached hydrogen (secondary N) is 1. The normalized spacial score (nSPS) is 10.7. The molecule has 0 unspecified atom stereocenters. The molecule has 5 heteroatoms. The van der Waals surface area contributed by atoms with Gasteiger partial charge in [-0.1, -0.05) is 26.0 Å². The lowest BCUT2D eigenvalue weighted by Gasteiger charge is -2.10. The van der Waals surface area contributed by atoms with Crippen molar-refractivity contribution in [3.8, 4) is 0 Å². The predicted octanol–water partition coefficient (Wildman–Crippen LogP) is 3.76. The van der Waals surface area contributed by atoms with Crippen LogP contribution in [0.5, 0.6) is 0 Å². The third-order valence-electron chi connectivity index (χ3n) is 3.36. The zero-order valence-electron chi connectivity index (χ0n) is 12.7. The van der Waals surface area contributed by atoms with E-state index < -0.39 is 0 Å². The van der Waals surface area contributed by atoms with E-state index >= 15 is 0 Å². The van der Waals surface area contributed by atoms with E-state index in [4.69, 9.17) is 0 Å². The monoisotopic (exact) mass is 362 g/mol. The number of halogens is 1. The summed E-state index contributed by atoms with van der Waals surface area (Å²) in [4.78, 5) is 23.7. The van der Waals surface area contributed by atoms with Gasteiger partial charge in [0.2, 0.25) is 5.91 Å². The van der Waals surface area contributed by atoms with E-state index in [0.29, 0.717) is 12.5 Å². The Labute approximate surface area is 138 Å². The Hall–Kier alpha value is -1.88. The molecular formula is C17H19BrN2O2. The molecule has 0 aliphatic heterocycles. The van der Waals surface area contributed by atoms with Gasteiger partial charge in [-0.15, -0.1) is 0 Å². The summed E-state index contributed by atoms with van der Waals surface area (Å²) in [5.41, 5.74) is 1.86. The Balaban J connectivity index is 1.97. The van der Waals surface area contributed by atoms with Gasteiger partial charge in [-0.2, -0.15) is 0 Å². The molecule has 1 aromatic heterocycles. The number of hydrogen-bond acceptors (Lipinski definition) is 2. The predicted molar refractivity (Wildman–Crippen MR) is 92.2 cm³/mol. The third kappa shape index (κ3) is 4.56. The number of nitrogens with zero attached hydrogens (tertiary/aromatic N) is 1. The highest BCUT2D eigenvalue weighted by atomic mass is 79.9. The van der Waals surface area contributed by atoms with Crippen molar-refractivity contribution in [3.63, 3.8) is 0 Å². The van der Waals surface area contributed by atoms with Crippen LogP contribution in [-0.4, -0.2) is 10.5 Å². The molecule has 116 valence electrons. The zero-order chi connectivity index (χ0) is 16.1. The Kier molecular flexibility index (Phi) is 5.55. The van der Waals surface area contributed by atoms with Gasteiger partial charge in [0.25, 0.3) is 5.56 Å². The van der Waals surface area contributed by atoms with E-state index in [1.54, 1.807) is 12.3 Å². The Morgan fingerprint density at radius 1 is 1.27 bits per heavy atom. The Morgan fingerprint density at radius 2 is 2.05 bits per heavy atom. The summed E-state index contributed by atoms with van der Waals surface area (Å²) in [6.45, 7) is 4.58. The molecule has 2 aromatic rings. The fourth-order valence-corrected chi connectivity index (χ4v) is 2.48. The lowest BCUT2D eigenvalue weighted by molar-refractivity contribution is -0.116. The number of anilines is 1. The summed E-state index contributed by atoms with van der Waals surface area (Å²) in [7, 11) is 0. The van der Waals surface area contributed by atoms with Crippen molar-refractivity contribution in [2.75, 3.05) is 5.32 Å². The van der Waals surface area contributed by atoms with Gasteiger partial charge < -0.3 is 9.88 Å². The first-order chi connectivity index (χ1) is 10.5. The minimum absolute atomic E-state index is 0.104. The van der Waals surface area contributed by atoms with Crippen molar-refractivity contribution in [2.45, 2.75) is 32.7 Å². The molecule has 0 spiro atoms. The molecule has 0 bridgehead atoms. The molecule has 0 saturated carbocycles. The average Bonchev–Trinajstić information content (AvgIpc) is 2.48. The Bertz CT molecular complexity index is 723. The SMILES string of the molecule is CC(C)c1cccc(NC(=O)CCn2cc(Br)ccc2=O)c1. The molecule has 4 nitrogen and oxygen atoms in total. The molecule has 1 amide bonds. The summed E-state index contributed by atoms with van der Waals surface area (Å²) in [5, 5.41) is 2.88. The average molecular weight is 363 g/mol. The molecule has 0 saturated heterocycles. The molecular weight excluding hydrogens is 344 g/mol. The van der Waals surface area contributed by atoms with Gasteiger partial charge in [0.15, 0.2) is 0 Å². The maximum atomic E-state index is 12.0. The fourth-order valence-electron chi connectivity index (χ4n) is 2.10. The van der Waals surface area contributed by atoms with Crippen molar-refractivity contribution in [2.24, 2.45) is 0 Å². The smallest absolute Gasteiger partial charge is 0.250 e. The maximum absolute atomic E-state index is 12.0. The number of aryl methyl sites for hydroxylation is 1. The third-order valence-corrected chi connectivity index (χ3v) is 3.83. The number of benzene rings is 1. The van der Waals surface area contributed by atoms with E-state index in [1.807, 2.05) is 24.3 Å². The van der Waals surface area contributed by atoms with Gasteiger partial charge in [0, 0.05) is 35.4 Å². The summed E-state index contributed by atoms with van der Waals surface area (Å²) >= 11 is 3.32. The van der Waals surface area contributed by atoms with Crippen molar-refractivity contribution in [1.29, 1.82) is 0 Å². The summed E-state index contributed by atoms with van der Waals surface area (Å²) in [6, 6.07) is 11.0. The quantitative estimate of drug-likeness (QED) is 0.879. The number of amides is 1. The maximum Gasteiger partial charge on any atom is 0.250 e. The highest BCUT2D eigenvalue weighted by Gasteiger charge is 2.06. The zero-order valence-corrected chi connectivity index (χ0v) is 14.3. The van der Waals surface area contributed by atoms with Crippen LogP contribution < -0.4 is 10.9 Å². The summed E-state index contributed by atoms with van der Waals surface area (Å²) in [6.07, 6.45) is 1.94. The molecule has 0 aliphatic carbocycles. The summed E-state index contributed by atoms with van der Waals surface area (Å²) in [5.74, 6) is 0.310. The van der Waals surface area contributed by atoms with Crippen LogP contribution in [0.4, 0.5) is 5.69 Å². The number of rotatable bonds is 5. The van der Waals surface area contributed by atoms with Gasteiger partial charge in [-0.05, 0) is 45.6 Å². The highest BCUT2D eigenvalue weighted by Crippen LogP contribution is 2.18. The van der Waals surface area contributed by atoms with Crippen LogP contribution >= 0.6 is 15.9 Å². The van der Waals surface area contributed by atoms with Crippen LogP contribution in [0.25, 0.3) is 0 Å². The van der Waals surface area contributed by atoms with E-state index in [9.17, 15) is 9.59 Å². The largest absolute Gasteiger partial charge is 0.326 e. The fraction of sp³-hybridized carbons (Fsp3) is 0.294. The van der Waals surface area contributed by atoms with Gasteiger partial charge in [-0.25, -0.2) is 0 Å². The first-order valence-corrected chi connectivity index (χ1v) is 8.01. The number of hydrogen-bond donors (Lipinski definition) is 1. The lowest BCUT2D eigenvalue weighted by atomic mass is 10.0. The van der Waals surface area contributed by atoms with Gasteiger partial charge in [0.1, 0.15) is 0 Å². The van der Waals surface area contributed by atoms with E-state index in [-0.39, 0.29) is 17.9 Å². The second kappa shape index (κ2) is 7.40. The van der Waals surface area contributed by atoms with Gasteiger partial charge in [0.05, 0.1) is 0 Å². The van der Waals surface area contributed by atoms with Crippen LogP contribution in [-0.2, 0) is 11.3 Å². The van der Waals surface area contributed by atoms with Crippen molar-refractivity contribution >= 4 is 27.5 Å². The molecule has 1 N–H and O–H groups in total. The van der Waals surface area contributed by atoms with Crippen LogP contribution in [0.2, 0.25) is 0 Å². The van der Waals surface area contributed by atoms with E-state index in [0.717, 1.165) is 10.2 Å². The number of carbonyl (C=O) groups excluding carboxylic acids is 1. The van der Waals surface area contributed by atoms with Crippen molar-refractivity contribution in [3.05, 3.63) is 63.0 Å². The first kappa shape index (κ1) is 16.5. The van der Waals surface area contributed by atoms with Crippen molar-refractivity contribution < 1.29 is 4.79 Å². The summed E-state index contributed by atoms with van der Waals surface area (Å²) < 4.78 is 2.34. The minimum atomic E-state index is -0.113. The van der Waals surface area contributed by atoms with E-state index in [2.05, 4.69) is 35.1 Å². The van der Waals surface area contributed by atoms with Crippen molar-refractivity contribution in [1.82, 2.24) is 4.57 Å². The lowest BCUT2D eigenvalue weighted by Crippen LogP contribution is -2.22. The minimum Gasteiger partial charge on any atom is -0.326 e. The number of pyridine rings is 1.